The number of nitrogens with one attached hydrogen (secondary N) is 1. The normalized spacial score (nSPS) is 41.2. The Bertz CT molecular complexity index is 186. The second-order valence-electron chi connectivity index (χ2n) is 5.05. The molecule has 1 aliphatic heterocycles. The van der Waals surface area contributed by atoms with Crippen LogP contribution in [0.2, 0.25) is 0 Å². The van der Waals surface area contributed by atoms with Gasteiger partial charge in [-0.05, 0) is 39.5 Å². The summed E-state index contributed by atoms with van der Waals surface area (Å²) in [5, 5.41) is 3.46. The Morgan fingerprint density at radius 1 is 1.17 bits per heavy atom. The summed E-state index contributed by atoms with van der Waals surface area (Å²) in [5.41, 5.74) is 0.136. The van der Waals surface area contributed by atoms with E-state index >= 15 is 0 Å². The highest BCUT2D eigenvalue weighted by atomic mass is 16.5. The molecular weight excluding hydrogens is 150 g/mol. The van der Waals surface area contributed by atoms with Gasteiger partial charge in [-0.25, -0.2) is 0 Å². The van der Waals surface area contributed by atoms with E-state index in [2.05, 4.69) is 26.1 Å². The molecule has 0 aromatic heterocycles. The van der Waals surface area contributed by atoms with E-state index in [1.807, 2.05) is 0 Å². The zero-order chi connectivity index (χ0) is 8.82. The van der Waals surface area contributed by atoms with Crippen LogP contribution in [0.3, 0.4) is 0 Å². The summed E-state index contributed by atoms with van der Waals surface area (Å²) in [5.74, 6) is 0.810. The Morgan fingerprint density at radius 3 is 2.33 bits per heavy atom. The predicted molar refractivity (Wildman–Crippen MR) is 49.2 cm³/mol. The minimum absolute atomic E-state index is 0.0234. The molecule has 0 bridgehead atoms. The molecule has 1 atom stereocenters. The van der Waals surface area contributed by atoms with Gasteiger partial charge in [-0.2, -0.15) is 0 Å². The van der Waals surface area contributed by atoms with E-state index < -0.39 is 0 Å². The summed E-state index contributed by atoms with van der Waals surface area (Å²) in [7, 11) is 0. The smallest absolute Gasteiger partial charge is 0.0814 e. The molecule has 0 aromatic carbocycles. The van der Waals surface area contributed by atoms with Gasteiger partial charge in [0.25, 0.3) is 0 Å². The SMILES string of the molecule is CC1(C)CNCC(C)(C2CC2)O1. The molecule has 0 spiro atoms. The number of morpholine rings is 1. The lowest BCUT2D eigenvalue weighted by Gasteiger charge is -2.44. The van der Waals surface area contributed by atoms with Crippen molar-refractivity contribution in [3.8, 4) is 0 Å². The Labute approximate surface area is 74.7 Å². The van der Waals surface area contributed by atoms with Crippen molar-refractivity contribution < 1.29 is 4.74 Å². The summed E-state index contributed by atoms with van der Waals surface area (Å²) in [6.45, 7) is 8.59. The average molecular weight is 169 g/mol. The molecule has 70 valence electrons. The third kappa shape index (κ3) is 1.50. The Hall–Kier alpha value is -0.0800. The standard InChI is InChI=1S/C10H19NO/c1-9(2)6-11-7-10(3,12-9)8-4-5-8/h8,11H,4-7H2,1-3H3. The topological polar surface area (TPSA) is 21.3 Å². The maximum atomic E-state index is 6.12. The first-order valence-corrected chi connectivity index (χ1v) is 4.93. The molecule has 2 rings (SSSR count). The largest absolute Gasteiger partial charge is 0.366 e. The van der Waals surface area contributed by atoms with Gasteiger partial charge in [0.1, 0.15) is 0 Å². The van der Waals surface area contributed by atoms with Gasteiger partial charge in [-0.3, -0.25) is 0 Å². The van der Waals surface area contributed by atoms with Crippen LogP contribution in [0, 0.1) is 5.92 Å². The molecule has 0 radical (unpaired) electrons. The lowest BCUT2D eigenvalue weighted by molar-refractivity contribution is -0.162. The minimum Gasteiger partial charge on any atom is -0.366 e. The summed E-state index contributed by atoms with van der Waals surface area (Å²) in [6, 6.07) is 0. The first-order chi connectivity index (χ1) is 5.52. The summed E-state index contributed by atoms with van der Waals surface area (Å²) in [6.07, 6.45) is 2.71. The van der Waals surface area contributed by atoms with Crippen LogP contribution in [-0.2, 0) is 4.74 Å². The third-order valence-corrected chi connectivity index (χ3v) is 2.98. The van der Waals surface area contributed by atoms with Crippen LogP contribution in [0.25, 0.3) is 0 Å². The maximum Gasteiger partial charge on any atom is 0.0814 e. The Morgan fingerprint density at radius 2 is 1.83 bits per heavy atom. The highest BCUT2D eigenvalue weighted by Crippen LogP contribution is 2.44. The fourth-order valence-corrected chi connectivity index (χ4v) is 2.24. The monoisotopic (exact) mass is 169 g/mol. The Balaban J connectivity index is 2.06. The fourth-order valence-electron chi connectivity index (χ4n) is 2.24. The molecule has 2 fully saturated rings. The highest BCUT2D eigenvalue weighted by Gasteiger charge is 2.47. The molecule has 12 heavy (non-hydrogen) atoms. The lowest BCUT2D eigenvalue weighted by Crippen LogP contribution is -2.57. The van der Waals surface area contributed by atoms with E-state index in [0.717, 1.165) is 19.0 Å². The second kappa shape index (κ2) is 2.46. The molecule has 2 heteroatoms. The van der Waals surface area contributed by atoms with E-state index in [1.54, 1.807) is 0 Å². The van der Waals surface area contributed by atoms with Gasteiger partial charge in [-0.1, -0.05) is 0 Å². The zero-order valence-corrected chi connectivity index (χ0v) is 8.31. The van der Waals surface area contributed by atoms with Crippen LogP contribution in [0.1, 0.15) is 33.6 Å². The van der Waals surface area contributed by atoms with Crippen LogP contribution in [0.15, 0.2) is 0 Å². The predicted octanol–water partition coefficient (Wildman–Crippen LogP) is 1.55. The molecule has 0 aromatic rings. The van der Waals surface area contributed by atoms with Gasteiger partial charge in [0.15, 0.2) is 0 Å². The molecule has 1 N–H and O–H groups in total. The van der Waals surface area contributed by atoms with Crippen LogP contribution < -0.4 is 5.32 Å². The van der Waals surface area contributed by atoms with Crippen molar-refractivity contribution in [2.75, 3.05) is 13.1 Å². The molecule has 2 aliphatic rings. The molecule has 1 aliphatic carbocycles. The minimum atomic E-state index is 0.0234. The van der Waals surface area contributed by atoms with Crippen LogP contribution in [-0.4, -0.2) is 24.3 Å². The van der Waals surface area contributed by atoms with Crippen molar-refractivity contribution >= 4 is 0 Å². The molecular formula is C10H19NO. The van der Waals surface area contributed by atoms with Crippen molar-refractivity contribution in [2.45, 2.75) is 44.8 Å². The molecule has 1 unspecified atom stereocenters. The zero-order valence-electron chi connectivity index (χ0n) is 8.31. The van der Waals surface area contributed by atoms with Crippen LogP contribution >= 0.6 is 0 Å². The van der Waals surface area contributed by atoms with E-state index in [-0.39, 0.29) is 11.2 Å². The Kier molecular flexibility index (Phi) is 1.74. The summed E-state index contributed by atoms with van der Waals surface area (Å²) < 4.78 is 6.12. The highest BCUT2D eigenvalue weighted by molar-refractivity contribution is 4.99. The summed E-state index contributed by atoms with van der Waals surface area (Å²) in [4.78, 5) is 0. The molecule has 1 saturated heterocycles. The van der Waals surface area contributed by atoms with E-state index in [0.29, 0.717) is 0 Å². The lowest BCUT2D eigenvalue weighted by atomic mass is 9.94. The van der Waals surface area contributed by atoms with Crippen molar-refractivity contribution in [3.63, 3.8) is 0 Å². The maximum absolute atomic E-state index is 6.12. The number of hydrogen-bond acceptors (Lipinski definition) is 2. The summed E-state index contributed by atoms with van der Waals surface area (Å²) >= 11 is 0. The molecule has 2 nitrogen and oxygen atoms in total. The molecule has 0 amide bonds. The molecule has 1 saturated carbocycles. The number of ether oxygens (including phenoxy) is 1. The van der Waals surface area contributed by atoms with Crippen LogP contribution in [0.4, 0.5) is 0 Å². The van der Waals surface area contributed by atoms with Crippen molar-refractivity contribution in [2.24, 2.45) is 5.92 Å². The van der Waals surface area contributed by atoms with Crippen molar-refractivity contribution in [1.82, 2.24) is 5.32 Å². The van der Waals surface area contributed by atoms with Gasteiger partial charge >= 0.3 is 0 Å². The number of rotatable bonds is 1. The molecule has 1 heterocycles. The first-order valence-electron chi connectivity index (χ1n) is 4.93. The van der Waals surface area contributed by atoms with E-state index in [9.17, 15) is 0 Å². The van der Waals surface area contributed by atoms with E-state index in [4.69, 9.17) is 4.74 Å². The fraction of sp³-hybridized carbons (Fsp3) is 1.00. The number of hydrogen-bond donors (Lipinski definition) is 1. The quantitative estimate of drug-likeness (QED) is 0.643. The van der Waals surface area contributed by atoms with Gasteiger partial charge in [0.2, 0.25) is 0 Å². The first kappa shape index (κ1) is 8.52. The third-order valence-electron chi connectivity index (χ3n) is 2.98. The van der Waals surface area contributed by atoms with Gasteiger partial charge in [0, 0.05) is 13.1 Å². The van der Waals surface area contributed by atoms with Crippen LogP contribution in [0.5, 0.6) is 0 Å². The van der Waals surface area contributed by atoms with Crippen molar-refractivity contribution in [1.29, 1.82) is 0 Å². The van der Waals surface area contributed by atoms with Gasteiger partial charge < -0.3 is 10.1 Å². The second-order valence-corrected chi connectivity index (χ2v) is 5.05. The van der Waals surface area contributed by atoms with E-state index in [1.165, 1.54) is 12.8 Å². The van der Waals surface area contributed by atoms with Gasteiger partial charge in [-0.15, -0.1) is 0 Å². The van der Waals surface area contributed by atoms with Gasteiger partial charge in [0.05, 0.1) is 11.2 Å². The van der Waals surface area contributed by atoms with Crippen molar-refractivity contribution in [3.05, 3.63) is 0 Å². The average Bonchev–Trinajstić information content (AvgIpc) is 2.62.